The number of benzene rings is 3. The molecule has 1 N–H and O–H groups in total. The fourth-order valence-electron chi connectivity index (χ4n) is 3.10. The molecule has 8 nitrogen and oxygen atoms in total. The molecule has 3 aromatic carbocycles. The molecule has 0 saturated carbocycles. The fourth-order valence-corrected chi connectivity index (χ4v) is 4.92. The van der Waals surface area contributed by atoms with Crippen molar-refractivity contribution in [2.45, 2.75) is 11.4 Å². The lowest BCUT2D eigenvalue weighted by molar-refractivity contribution is -0.121. The molecule has 1 amide bonds. The third kappa shape index (κ3) is 6.66. The van der Waals surface area contributed by atoms with Gasteiger partial charge in [0.15, 0.2) is 11.5 Å². The Morgan fingerprint density at radius 1 is 1.00 bits per heavy atom. The molecule has 34 heavy (non-hydrogen) atoms. The normalized spacial score (nSPS) is 11.5. The number of sulfonamides is 1. The van der Waals surface area contributed by atoms with Crippen molar-refractivity contribution in [2.24, 2.45) is 5.10 Å². The van der Waals surface area contributed by atoms with Crippen molar-refractivity contribution in [1.29, 1.82) is 0 Å². The molecule has 0 saturated heterocycles. The molecule has 0 atom stereocenters. The van der Waals surface area contributed by atoms with Crippen LogP contribution in [-0.4, -0.2) is 45.6 Å². The van der Waals surface area contributed by atoms with Crippen LogP contribution in [0, 0.1) is 0 Å². The van der Waals surface area contributed by atoms with E-state index in [4.69, 9.17) is 9.47 Å². The van der Waals surface area contributed by atoms with Gasteiger partial charge in [-0.15, -0.1) is 0 Å². The molecule has 0 radical (unpaired) electrons. The van der Waals surface area contributed by atoms with Crippen LogP contribution in [0.4, 0.5) is 0 Å². The highest BCUT2D eigenvalue weighted by molar-refractivity contribution is 9.10. The van der Waals surface area contributed by atoms with E-state index in [0.29, 0.717) is 5.75 Å². The van der Waals surface area contributed by atoms with Gasteiger partial charge in [0.05, 0.1) is 31.9 Å². The van der Waals surface area contributed by atoms with E-state index in [0.717, 1.165) is 19.9 Å². The molecule has 0 heterocycles. The molecule has 0 aromatic heterocycles. The van der Waals surface area contributed by atoms with Crippen molar-refractivity contribution >= 4 is 38.1 Å². The van der Waals surface area contributed by atoms with Crippen molar-refractivity contribution in [1.82, 2.24) is 9.73 Å². The fraction of sp³-hybridized carbons (Fsp3) is 0.167. The third-order valence-electron chi connectivity index (χ3n) is 4.77. The highest BCUT2D eigenvalue weighted by Gasteiger charge is 2.28. The second kappa shape index (κ2) is 11.8. The summed E-state index contributed by atoms with van der Waals surface area (Å²) in [6.45, 7) is -0.429. The van der Waals surface area contributed by atoms with E-state index in [9.17, 15) is 13.2 Å². The monoisotopic (exact) mass is 545 g/mol. The Kier molecular flexibility index (Phi) is 8.80. The molecular formula is C24H24BrN3O5S. The van der Waals surface area contributed by atoms with E-state index < -0.39 is 22.5 Å². The average Bonchev–Trinajstić information content (AvgIpc) is 2.83. The summed E-state index contributed by atoms with van der Waals surface area (Å²) in [4.78, 5) is 12.6. The summed E-state index contributed by atoms with van der Waals surface area (Å²) >= 11 is 3.37. The van der Waals surface area contributed by atoms with Crippen LogP contribution >= 0.6 is 15.9 Å². The Morgan fingerprint density at radius 2 is 1.74 bits per heavy atom. The van der Waals surface area contributed by atoms with Crippen molar-refractivity contribution in [3.8, 4) is 11.5 Å². The number of nitrogens with one attached hydrogen (secondary N) is 1. The van der Waals surface area contributed by atoms with Crippen LogP contribution in [0.25, 0.3) is 0 Å². The van der Waals surface area contributed by atoms with Gasteiger partial charge in [-0.25, -0.2) is 13.8 Å². The molecule has 3 aromatic rings. The van der Waals surface area contributed by atoms with E-state index in [2.05, 4.69) is 26.5 Å². The summed E-state index contributed by atoms with van der Waals surface area (Å²) in [6.07, 6.45) is 1.48. The number of hydrogen-bond donors (Lipinski definition) is 1. The van der Waals surface area contributed by atoms with Crippen molar-refractivity contribution in [2.75, 3.05) is 20.8 Å². The lowest BCUT2D eigenvalue weighted by atomic mass is 10.2. The van der Waals surface area contributed by atoms with Crippen molar-refractivity contribution < 1.29 is 22.7 Å². The first-order chi connectivity index (χ1) is 16.3. The zero-order valence-corrected chi connectivity index (χ0v) is 21.0. The summed E-state index contributed by atoms with van der Waals surface area (Å²) in [6, 6.07) is 20.7. The number of hydrogen-bond acceptors (Lipinski definition) is 6. The van der Waals surface area contributed by atoms with Crippen LogP contribution in [0.3, 0.4) is 0 Å². The molecule has 178 valence electrons. The number of amides is 1. The van der Waals surface area contributed by atoms with Crippen LogP contribution in [-0.2, 0) is 21.4 Å². The van der Waals surface area contributed by atoms with Gasteiger partial charge in [-0.2, -0.15) is 9.41 Å². The average molecular weight is 546 g/mol. The number of ether oxygens (including phenoxy) is 2. The number of nitrogens with zero attached hydrogens (tertiary/aromatic N) is 2. The lowest BCUT2D eigenvalue weighted by Crippen LogP contribution is -2.39. The second-order valence-corrected chi connectivity index (χ2v) is 9.98. The third-order valence-corrected chi connectivity index (χ3v) is 7.05. The summed E-state index contributed by atoms with van der Waals surface area (Å²) in [5.74, 6) is 0.0910. The predicted octanol–water partition coefficient (Wildman–Crippen LogP) is 3.81. The SMILES string of the molecule is COc1ccc(S(=O)(=O)N(CC(=O)N/N=C\c2cccc(Br)c2)Cc2ccccc2)cc1OC. The van der Waals surface area contributed by atoms with E-state index in [1.54, 1.807) is 24.3 Å². The molecular weight excluding hydrogens is 522 g/mol. The van der Waals surface area contributed by atoms with Gasteiger partial charge in [-0.1, -0.05) is 58.4 Å². The molecule has 0 aliphatic carbocycles. The minimum atomic E-state index is -4.06. The Morgan fingerprint density at radius 3 is 2.41 bits per heavy atom. The lowest BCUT2D eigenvalue weighted by Gasteiger charge is -2.22. The van der Waals surface area contributed by atoms with Crippen LogP contribution in [0.5, 0.6) is 11.5 Å². The van der Waals surface area contributed by atoms with Crippen molar-refractivity contribution in [3.63, 3.8) is 0 Å². The summed E-state index contributed by atoms with van der Waals surface area (Å²) < 4.78 is 39.4. The minimum Gasteiger partial charge on any atom is -0.493 e. The maximum absolute atomic E-state index is 13.5. The van der Waals surface area contributed by atoms with Gasteiger partial charge >= 0.3 is 0 Å². The highest BCUT2D eigenvalue weighted by Crippen LogP contribution is 2.31. The van der Waals surface area contributed by atoms with Gasteiger partial charge in [0.2, 0.25) is 10.0 Å². The largest absolute Gasteiger partial charge is 0.493 e. The number of carbonyl (C=O) groups is 1. The van der Waals surface area contributed by atoms with Crippen LogP contribution in [0.2, 0.25) is 0 Å². The minimum absolute atomic E-state index is 0.000282. The van der Waals surface area contributed by atoms with E-state index >= 15 is 0 Å². The smallest absolute Gasteiger partial charge is 0.255 e. The van der Waals surface area contributed by atoms with Gasteiger partial charge in [0.25, 0.3) is 5.91 Å². The second-order valence-electron chi connectivity index (χ2n) is 7.12. The molecule has 3 rings (SSSR count). The standard InChI is InChI=1S/C24H24BrN3O5S/c1-32-22-12-11-21(14-23(22)33-2)34(30,31)28(16-18-7-4-3-5-8-18)17-24(29)27-26-15-19-9-6-10-20(25)13-19/h3-15H,16-17H2,1-2H3,(H,27,29)/b26-15-. The first-order valence-electron chi connectivity index (χ1n) is 10.2. The maximum Gasteiger partial charge on any atom is 0.255 e. The summed E-state index contributed by atoms with van der Waals surface area (Å²) in [5.41, 5.74) is 3.90. The van der Waals surface area contributed by atoms with Crippen LogP contribution in [0.1, 0.15) is 11.1 Å². The quantitative estimate of drug-likeness (QED) is 0.308. The molecule has 0 spiro atoms. The molecule has 0 aliphatic heterocycles. The highest BCUT2D eigenvalue weighted by atomic mass is 79.9. The van der Waals surface area contributed by atoms with Crippen molar-refractivity contribution in [3.05, 3.63) is 88.4 Å². The summed E-state index contributed by atoms with van der Waals surface area (Å²) in [5, 5.41) is 3.94. The molecule has 0 aliphatic rings. The molecule has 0 fully saturated rings. The molecule has 0 unspecified atom stereocenters. The Labute approximate surface area is 207 Å². The van der Waals surface area contributed by atoms with E-state index in [-0.39, 0.29) is 17.2 Å². The number of methoxy groups -OCH3 is 2. The van der Waals surface area contributed by atoms with Gasteiger partial charge in [-0.3, -0.25) is 4.79 Å². The number of hydrazone groups is 1. The number of rotatable bonds is 10. The Balaban J connectivity index is 1.83. The van der Waals surface area contributed by atoms with Gasteiger partial charge in [0, 0.05) is 17.1 Å². The number of carbonyl (C=O) groups excluding carboxylic acids is 1. The van der Waals surface area contributed by atoms with Gasteiger partial charge in [0.1, 0.15) is 0 Å². The van der Waals surface area contributed by atoms with E-state index in [1.807, 2.05) is 30.3 Å². The van der Waals surface area contributed by atoms with Gasteiger partial charge < -0.3 is 9.47 Å². The Hall–Kier alpha value is -3.21. The number of halogens is 1. The van der Waals surface area contributed by atoms with Crippen LogP contribution < -0.4 is 14.9 Å². The van der Waals surface area contributed by atoms with E-state index in [1.165, 1.54) is 38.6 Å². The first kappa shape index (κ1) is 25.4. The molecule has 0 bridgehead atoms. The van der Waals surface area contributed by atoms with Gasteiger partial charge in [-0.05, 0) is 35.4 Å². The molecule has 10 heteroatoms. The van der Waals surface area contributed by atoms with Crippen LogP contribution in [0.15, 0.2) is 87.3 Å². The summed E-state index contributed by atoms with van der Waals surface area (Å²) in [7, 11) is -1.17. The topological polar surface area (TPSA) is 97.3 Å². The predicted molar refractivity (Wildman–Crippen MR) is 133 cm³/mol. The zero-order valence-electron chi connectivity index (χ0n) is 18.6. The first-order valence-corrected chi connectivity index (χ1v) is 12.4. The zero-order chi connectivity index (χ0) is 24.6. The Bertz CT molecular complexity index is 1270. The maximum atomic E-state index is 13.5.